The van der Waals surface area contributed by atoms with Gasteiger partial charge in [-0.1, -0.05) is 0 Å². The molecule has 1 saturated heterocycles. The Morgan fingerprint density at radius 3 is 2.76 bits per heavy atom. The molecule has 0 aromatic rings. The molecular weight excluding hydrogens is 270 g/mol. The summed E-state index contributed by atoms with van der Waals surface area (Å²) < 4.78 is 37.2. The normalized spacial score (nSPS) is 24.6. The molecule has 8 nitrogen and oxygen atoms in total. The number of halogens is 2. The molecule has 1 fully saturated rings. The predicted molar refractivity (Wildman–Crippen MR) is 41.6 cm³/mol. The summed E-state index contributed by atoms with van der Waals surface area (Å²) in [6.07, 6.45) is -3.36. The van der Waals surface area contributed by atoms with Gasteiger partial charge in [0.15, 0.2) is 0 Å². The summed E-state index contributed by atoms with van der Waals surface area (Å²) in [6, 6.07) is 0. The lowest BCUT2D eigenvalue weighted by Gasteiger charge is -2.16. The maximum Gasteiger partial charge on any atom is 0.415 e. The van der Waals surface area contributed by atoms with E-state index in [0.29, 0.717) is 0 Å². The fraction of sp³-hybridized carbons (Fsp3) is 0.667. The van der Waals surface area contributed by atoms with Crippen LogP contribution in [0.2, 0.25) is 0 Å². The number of aliphatic hydroxyl groups excluding tert-OH is 1. The lowest BCUT2D eigenvalue weighted by Crippen LogP contribution is -2.38. The number of alkyl halides is 2. The second kappa shape index (κ2) is 5.55. The largest absolute Gasteiger partial charge is 0.691 e. The van der Waals surface area contributed by atoms with Crippen molar-refractivity contribution in [3.63, 3.8) is 0 Å². The SMILES string of the molecule is O=C1OCC(O)C1OC(=O)C(F)(F)SOO[O-]. The molecular formula is C6H5F2O8S-. The molecule has 1 rings (SSSR count). The van der Waals surface area contributed by atoms with Crippen LogP contribution in [0.1, 0.15) is 0 Å². The third-order valence-electron chi connectivity index (χ3n) is 1.62. The molecule has 0 aromatic carbocycles. The topological polar surface area (TPSA) is 114 Å². The molecule has 2 unspecified atom stereocenters. The zero-order chi connectivity index (χ0) is 13.1. The highest BCUT2D eigenvalue weighted by molar-refractivity contribution is 7.96. The van der Waals surface area contributed by atoms with E-state index in [2.05, 4.69) is 18.8 Å². The Morgan fingerprint density at radius 2 is 2.29 bits per heavy atom. The van der Waals surface area contributed by atoms with Gasteiger partial charge >= 0.3 is 17.2 Å². The molecule has 0 aromatic heterocycles. The average molecular weight is 275 g/mol. The van der Waals surface area contributed by atoms with Crippen molar-refractivity contribution in [2.24, 2.45) is 0 Å². The van der Waals surface area contributed by atoms with Crippen LogP contribution in [-0.2, 0) is 28.4 Å². The first-order valence-corrected chi connectivity index (χ1v) is 4.70. The van der Waals surface area contributed by atoms with E-state index in [9.17, 15) is 23.6 Å². The minimum absolute atomic E-state index is 0.463. The van der Waals surface area contributed by atoms with Gasteiger partial charge in [-0.25, -0.2) is 9.59 Å². The van der Waals surface area contributed by atoms with Crippen molar-refractivity contribution in [1.29, 1.82) is 0 Å². The van der Waals surface area contributed by atoms with Crippen LogP contribution in [0.15, 0.2) is 0 Å². The number of ether oxygens (including phenoxy) is 2. The van der Waals surface area contributed by atoms with Crippen LogP contribution in [0.4, 0.5) is 8.78 Å². The minimum atomic E-state index is -4.27. The number of hydrogen-bond acceptors (Lipinski definition) is 9. The van der Waals surface area contributed by atoms with Crippen molar-refractivity contribution < 1.29 is 47.6 Å². The van der Waals surface area contributed by atoms with E-state index in [0.717, 1.165) is 0 Å². The van der Waals surface area contributed by atoms with Gasteiger partial charge < -0.3 is 19.8 Å². The lowest BCUT2D eigenvalue weighted by atomic mass is 10.2. The number of cyclic esters (lactones) is 1. The van der Waals surface area contributed by atoms with Gasteiger partial charge in [-0.2, -0.15) is 13.1 Å². The summed E-state index contributed by atoms with van der Waals surface area (Å²) in [6.45, 7) is -0.463. The van der Waals surface area contributed by atoms with Crippen LogP contribution in [-0.4, -0.2) is 41.1 Å². The van der Waals surface area contributed by atoms with Gasteiger partial charge in [0.1, 0.15) is 24.8 Å². The maximum absolute atomic E-state index is 12.8. The molecule has 0 spiro atoms. The van der Waals surface area contributed by atoms with Gasteiger partial charge in [0.25, 0.3) is 0 Å². The van der Waals surface area contributed by atoms with Crippen LogP contribution in [0.25, 0.3) is 0 Å². The summed E-state index contributed by atoms with van der Waals surface area (Å²) in [5, 5.41) is 16.7. The molecule has 0 amide bonds. The van der Waals surface area contributed by atoms with E-state index in [-0.39, 0.29) is 0 Å². The van der Waals surface area contributed by atoms with Gasteiger partial charge in [-0.05, 0) is 0 Å². The summed E-state index contributed by atoms with van der Waals surface area (Å²) in [4.78, 5) is 21.7. The molecule has 98 valence electrons. The lowest BCUT2D eigenvalue weighted by molar-refractivity contribution is -0.777. The van der Waals surface area contributed by atoms with E-state index < -0.39 is 48.1 Å². The Balaban J connectivity index is 2.56. The van der Waals surface area contributed by atoms with Crippen molar-refractivity contribution in [2.45, 2.75) is 17.5 Å². The molecule has 17 heavy (non-hydrogen) atoms. The Labute approximate surface area is 96.4 Å². The van der Waals surface area contributed by atoms with E-state index in [1.54, 1.807) is 0 Å². The van der Waals surface area contributed by atoms with E-state index >= 15 is 0 Å². The van der Waals surface area contributed by atoms with E-state index in [4.69, 9.17) is 5.11 Å². The highest BCUT2D eigenvalue weighted by atomic mass is 32.2. The molecule has 0 aliphatic carbocycles. The fourth-order valence-corrected chi connectivity index (χ4v) is 1.12. The molecule has 1 aliphatic rings. The first-order chi connectivity index (χ1) is 7.88. The van der Waals surface area contributed by atoms with Crippen LogP contribution < -0.4 is 5.26 Å². The first-order valence-electron chi connectivity index (χ1n) is 3.96. The van der Waals surface area contributed by atoms with Gasteiger partial charge in [0.05, 0.1) is 0 Å². The second-order valence-corrected chi connectivity index (χ2v) is 3.57. The van der Waals surface area contributed by atoms with E-state index in [1.807, 2.05) is 0 Å². The third kappa shape index (κ3) is 3.47. The van der Waals surface area contributed by atoms with Crippen molar-refractivity contribution in [3.8, 4) is 0 Å². The Bertz CT molecular complexity index is 310. The molecule has 0 saturated carbocycles. The number of hydrogen-bond donors (Lipinski definition) is 1. The monoisotopic (exact) mass is 275 g/mol. The van der Waals surface area contributed by atoms with Crippen LogP contribution in [0.3, 0.4) is 0 Å². The summed E-state index contributed by atoms with van der Waals surface area (Å²) in [5.41, 5.74) is 0. The van der Waals surface area contributed by atoms with Crippen molar-refractivity contribution >= 4 is 24.0 Å². The zero-order valence-corrected chi connectivity index (χ0v) is 8.65. The smallest absolute Gasteiger partial charge is 0.415 e. The number of rotatable bonds is 5. The average Bonchev–Trinajstić information content (AvgIpc) is 2.58. The Hall–Kier alpha value is -1.01. The van der Waals surface area contributed by atoms with Gasteiger partial charge in [-0.15, -0.1) is 0 Å². The van der Waals surface area contributed by atoms with Crippen molar-refractivity contribution in [1.82, 2.24) is 0 Å². The number of carbonyl (C=O) groups excluding carboxylic acids is 2. The fourth-order valence-electron chi connectivity index (χ4n) is 0.895. The highest BCUT2D eigenvalue weighted by Gasteiger charge is 2.48. The van der Waals surface area contributed by atoms with Gasteiger partial charge in [-0.3, -0.25) is 5.04 Å². The zero-order valence-electron chi connectivity index (χ0n) is 7.83. The Morgan fingerprint density at radius 1 is 1.65 bits per heavy atom. The molecule has 2 atom stereocenters. The van der Waals surface area contributed by atoms with Crippen LogP contribution in [0, 0.1) is 0 Å². The molecule has 0 radical (unpaired) electrons. The first kappa shape index (κ1) is 14.1. The number of aliphatic hydroxyl groups is 1. The number of esters is 2. The number of carbonyl (C=O) groups is 2. The van der Waals surface area contributed by atoms with Gasteiger partial charge in [0, 0.05) is 0 Å². The maximum atomic E-state index is 12.8. The van der Waals surface area contributed by atoms with E-state index in [1.165, 1.54) is 0 Å². The minimum Gasteiger partial charge on any atom is -0.691 e. The summed E-state index contributed by atoms with van der Waals surface area (Å²) in [5.74, 6) is -3.32. The standard InChI is InChI=1S/C6H6F2O8S/c7-6(8,17-16-15-12)5(11)14-3-2(9)1-13-4(3)10/h2-3,9,12H,1H2/p-1. The molecule has 11 heteroatoms. The van der Waals surface area contributed by atoms with Crippen LogP contribution in [0.5, 0.6) is 0 Å². The molecule has 1 aliphatic heterocycles. The Kier molecular flexibility index (Phi) is 4.59. The third-order valence-corrected chi connectivity index (χ3v) is 2.12. The predicted octanol–water partition coefficient (Wildman–Crippen LogP) is -1.72. The second-order valence-electron chi connectivity index (χ2n) is 2.76. The quantitative estimate of drug-likeness (QED) is 0.271. The molecule has 0 bridgehead atoms. The molecule has 1 heterocycles. The van der Waals surface area contributed by atoms with Crippen LogP contribution >= 0.6 is 12.0 Å². The summed E-state index contributed by atoms with van der Waals surface area (Å²) >= 11 is -0.904. The summed E-state index contributed by atoms with van der Waals surface area (Å²) in [7, 11) is 0. The van der Waals surface area contributed by atoms with Gasteiger partial charge in [0.2, 0.25) is 6.10 Å². The van der Waals surface area contributed by atoms with Crippen molar-refractivity contribution in [3.05, 3.63) is 0 Å². The van der Waals surface area contributed by atoms with Crippen molar-refractivity contribution in [2.75, 3.05) is 6.61 Å². The highest BCUT2D eigenvalue weighted by Crippen LogP contribution is 2.32. The molecule has 1 N–H and O–H groups in total.